The molecule has 0 amide bonds. The van der Waals surface area contributed by atoms with Crippen LogP contribution in [-0.4, -0.2) is 35.2 Å². The van der Waals surface area contributed by atoms with E-state index in [0.29, 0.717) is 19.2 Å². The molecular formula is C21H23NO3. The van der Waals surface area contributed by atoms with Gasteiger partial charge in [0.25, 0.3) is 0 Å². The van der Waals surface area contributed by atoms with E-state index in [1.165, 1.54) is 35.6 Å². The Morgan fingerprint density at radius 2 is 1.76 bits per heavy atom. The minimum Gasteiger partial charge on any atom is -0.490 e. The predicted octanol–water partition coefficient (Wildman–Crippen LogP) is 3.53. The number of aliphatic carboxylic acids is 1. The molecule has 0 bridgehead atoms. The number of nitrogens with zero attached hydrogens (tertiary/aromatic N) is 1. The number of hydrogen-bond donors (Lipinski definition) is 1. The predicted molar refractivity (Wildman–Crippen MR) is 95.6 cm³/mol. The summed E-state index contributed by atoms with van der Waals surface area (Å²) in [5, 5.41) is 11.4. The van der Waals surface area contributed by atoms with Crippen molar-refractivity contribution in [1.82, 2.24) is 4.90 Å². The Bertz CT molecular complexity index is 817. The Labute approximate surface area is 147 Å². The molecule has 2 aliphatic carbocycles. The highest BCUT2D eigenvalue weighted by Crippen LogP contribution is 2.52. The third kappa shape index (κ3) is 2.99. The Morgan fingerprint density at radius 1 is 1.04 bits per heavy atom. The van der Waals surface area contributed by atoms with Crippen LogP contribution in [0.25, 0.3) is 10.8 Å². The zero-order chi connectivity index (χ0) is 17.0. The Hall–Kier alpha value is -2.07. The first-order valence-electron chi connectivity index (χ1n) is 9.28. The fourth-order valence-corrected chi connectivity index (χ4v) is 4.51. The second-order valence-corrected chi connectivity index (χ2v) is 8.04. The van der Waals surface area contributed by atoms with Crippen LogP contribution in [0.15, 0.2) is 36.4 Å². The first kappa shape index (κ1) is 15.2. The summed E-state index contributed by atoms with van der Waals surface area (Å²) < 4.78 is 6.18. The number of hydrogen-bond acceptors (Lipinski definition) is 3. The number of carboxylic acid groups (broad SMARTS) is 1. The standard InChI is InChI=1S/C21H23NO3/c23-21(24)18-11-22(12-18)10-13-1-2-15-7-19(4-3-14(15)5-13)25-20-8-16-6-17(16)9-20/h1-5,7,16-18,20H,6,8-12H2,(H,23,24)/t16-,17+,20?. The molecule has 3 atom stereocenters. The molecule has 3 fully saturated rings. The third-order valence-corrected chi connectivity index (χ3v) is 6.09. The van der Waals surface area contributed by atoms with Gasteiger partial charge in [-0.2, -0.15) is 0 Å². The quantitative estimate of drug-likeness (QED) is 0.907. The molecule has 1 saturated heterocycles. The molecule has 130 valence electrons. The minimum atomic E-state index is -0.679. The lowest BCUT2D eigenvalue weighted by molar-refractivity contribution is -0.147. The molecule has 4 heteroatoms. The fourth-order valence-electron chi connectivity index (χ4n) is 4.51. The smallest absolute Gasteiger partial charge is 0.309 e. The van der Waals surface area contributed by atoms with Crippen molar-refractivity contribution in [2.24, 2.45) is 17.8 Å². The molecule has 2 aromatic carbocycles. The maximum absolute atomic E-state index is 10.9. The molecule has 5 rings (SSSR count). The summed E-state index contributed by atoms with van der Waals surface area (Å²) in [6.45, 7) is 2.13. The summed E-state index contributed by atoms with van der Waals surface area (Å²) in [5.41, 5.74) is 1.24. The summed E-state index contributed by atoms with van der Waals surface area (Å²) in [6.07, 6.45) is 4.29. The van der Waals surface area contributed by atoms with Crippen molar-refractivity contribution in [1.29, 1.82) is 0 Å². The van der Waals surface area contributed by atoms with Crippen LogP contribution in [0, 0.1) is 17.8 Å². The molecule has 4 nitrogen and oxygen atoms in total. The molecule has 2 aromatic rings. The zero-order valence-corrected chi connectivity index (χ0v) is 14.2. The molecule has 2 saturated carbocycles. The molecule has 0 radical (unpaired) electrons. The van der Waals surface area contributed by atoms with Gasteiger partial charge >= 0.3 is 5.97 Å². The average Bonchev–Trinajstić information content (AvgIpc) is 3.16. The Balaban J connectivity index is 1.25. The number of ether oxygens (including phenoxy) is 1. The lowest BCUT2D eigenvalue weighted by atomic mass is 9.99. The fraction of sp³-hybridized carbons (Fsp3) is 0.476. The molecule has 1 unspecified atom stereocenters. The molecule has 1 N–H and O–H groups in total. The number of benzene rings is 2. The molecule has 1 heterocycles. The van der Waals surface area contributed by atoms with Gasteiger partial charge < -0.3 is 9.84 Å². The van der Waals surface area contributed by atoms with Gasteiger partial charge in [0.2, 0.25) is 0 Å². The van der Waals surface area contributed by atoms with Gasteiger partial charge in [-0.05, 0) is 65.6 Å². The first-order chi connectivity index (χ1) is 12.1. The third-order valence-electron chi connectivity index (χ3n) is 6.09. The van der Waals surface area contributed by atoms with E-state index in [2.05, 4.69) is 41.3 Å². The van der Waals surface area contributed by atoms with E-state index in [1.807, 2.05) is 0 Å². The van der Waals surface area contributed by atoms with E-state index in [4.69, 9.17) is 9.84 Å². The van der Waals surface area contributed by atoms with Crippen molar-refractivity contribution >= 4 is 16.7 Å². The van der Waals surface area contributed by atoms with Crippen molar-refractivity contribution in [3.8, 4) is 5.75 Å². The van der Waals surface area contributed by atoms with Crippen LogP contribution < -0.4 is 4.74 Å². The number of rotatable bonds is 5. The highest BCUT2D eigenvalue weighted by atomic mass is 16.5. The molecular weight excluding hydrogens is 314 g/mol. The largest absolute Gasteiger partial charge is 0.490 e. The molecule has 0 aromatic heterocycles. The van der Waals surface area contributed by atoms with Gasteiger partial charge in [0, 0.05) is 19.6 Å². The topological polar surface area (TPSA) is 49.8 Å². The molecule has 1 aliphatic heterocycles. The highest BCUT2D eigenvalue weighted by molar-refractivity contribution is 5.84. The maximum Gasteiger partial charge on any atom is 0.309 e. The van der Waals surface area contributed by atoms with Crippen LogP contribution >= 0.6 is 0 Å². The van der Waals surface area contributed by atoms with E-state index < -0.39 is 5.97 Å². The SMILES string of the molecule is O=C(O)C1CN(Cc2ccc3cc(OC4C[C@@H]5C[C@@H]5C4)ccc3c2)C1. The number of carbonyl (C=O) groups is 1. The maximum atomic E-state index is 10.9. The summed E-state index contributed by atoms with van der Waals surface area (Å²) >= 11 is 0. The van der Waals surface area contributed by atoms with Crippen molar-refractivity contribution in [2.75, 3.05) is 13.1 Å². The van der Waals surface area contributed by atoms with Crippen LogP contribution in [-0.2, 0) is 11.3 Å². The van der Waals surface area contributed by atoms with Crippen LogP contribution in [0.2, 0.25) is 0 Å². The van der Waals surface area contributed by atoms with Crippen molar-refractivity contribution in [3.63, 3.8) is 0 Å². The van der Waals surface area contributed by atoms with Crippen LogP contribution in [0.3, 0.4) is 0 Å². The molecule has 0 spiro atoms. The van der Waals surface area contributed by atoms with Crippen molar-refractivity contribution in [2.45, 2.75) is 31.9 Å². The Morgan fingerprint density at radius 3 is 2.52 bits per heavy atom. The highest BCUT2D eigenvalue weighted by Gasteiger charge is 2.46. The van der Waals surface area contributed by atoms with E-state index in [-0.39, 0.29) is 5.92 Å². The summed E-state index contributed by atoms with van der Waals surface area (Å²) in [6, 6.07) is 12.9. The van der Waals surface area contributed by atoms with Gasteiger partial charge in [-0.1, -0.05) is 18.2 Å². The van der Waals surface area contributed by atoms with E-state index in [1.54, 1.807) is 0 Å². The summed E-state index contributed by atoms with van der Waals surface area (Å²) in [4.78, 5) is 13.1. The van der Waals surface area contributed by atoms with Gasteiger partial charge in [0.05, 0.1) is 12.0 Å². The number of fused-ring (bicyclic) bond motifs is 2. The number of likely N-dealkylation sites (tertiary alicyclic amines) is 1. The van der Waals surface area contributed by atoms with E-state index in [0.717, 1.165) is 24.1 Å². The molecule has 3 aliphatic rings. The zero-order valence-electron chi connectivity index (χ0n) is 14.2. The van der Waals surface area contributed by atoms with Crippen LogP contribution in [0.1, 0.15) is 24.8 Å². The van der Waals surface area contributed by atoms with Gasteiger partial charge in [0.1, 0.15) is 5.75 Å². The van der Waals surface area contributed by atoms with Gasteiger partial charge in [-0.15, -0.1) is 0 Å². The van der Waals surface area contributed by atoms with Crippen LogP contribution in [0.4, 0.5) is 0 Å². The van der Waals surface area contributed by atoms with Gasteiger partial charge in [-0.3, -0.25) is 9.69 Å². The minimum absolute atomic E-state index is 0.193. The lowest BCUT2D eigenvalue weighted by Gasteiger charge is -2.36. The summed E-state index contributed by atoms with van der Waals surface area (Å²) in [5.74, 6) is 1.99. The van der Waals surface area contributed by atoms with E-state index in [9.17, 15) is 4.79 Å². The normalized spacial score (nSPS) is 28.6. The summed E-state index contributed by atoms with van der Waals surface area (Å²) in [7, 11) is 0. The molecule has 25 heavy (non-hydrogen) atoms. The monoisotopic (exact) mass is 337 g/mol. The second-order valence-electron chi connectivity index (χ2n) is 8.04. The van der Waals surface area contributed by atoms with Crippen LogP contribution in [0.5, 0.6) is 5.75 Å². The van der Waals surface area contributed by atoms with Crippen molar-refractivity contribution in [3.05, 3.63) is 42.0 Å². The number of carboxylic acids is 1. The first-order valence-corrected chi connectivity index (χ1v) is 9.28. The lowest BCUT2D eigenvalue weighted by Crippen LogP contribution is -2.49. The van der Waals surface area contributed by atoms with Crippen molar-refractivity contribution < 1.29 is 14.6 Å². The van der Waals surface area contributed by atoms with Gasteiger partial charge in [-0.25, -0.2) is 0 Å². The van der Waals surface area contributed by atoms with E-state index >= 15 is 0 Å². The second kappa shape index (κ2) is 5.73. The van der Waals surface area contributed by atoms with Gasteiger partial charge in [0.15, 0.2) is 0 Å². The average molecular weight is 337 g/mol. The Kier molecular flexibility index (Phi) is 3.49.